The summed E-state index contributed by atoms with van der Waals surface area (Å²) >= 11 is 0. The summed E-state index contributed by atoms with van der Waals surface area (Å²) in [6.45, 7) is 0. The zero-order valence-corrected chi connectivity index (χ0v) is 11.6. The second-order valence-electron chi connectivity index (χ2n) is 5.06. The topological polar surface area (TPSA) is 71.5 Å². The molecule has 2 aromatic rings. The fourth-order valence-electron chi connectivity index (χ4n) is 2.56. The van der Waals surface area contributed by atoms with Gasteiger partial charge in [-0.1, -0.05) is 12.2 Å². The molecule has 0 bridgehead atoms. The molecule has 0 amide bonds. The van der Waals surface area contributed by atoms with Crippen molar-refractivity contribution in [1.29, 1.82) is 0 Å². The highest BCUT2D eigenvalue weighted by atomic mass is 16.5. The van der Waals surface area contributed by atoms with Crippen molar-refractivity contribution in [2.75, 3.05) is 12.4 Å². The van der Waals surface area contributed by atoms with Crippen LogP contribution in [0.4, 0.5) is 5.82 Å². The lowest BCUT2D eigenvalue weighted by Crippen LogP contribution is -2.19. The predicted molar refractivity (Wildman–Crippen MR) is 80.6 cm³/mol. The van der Waals surface area contributed by atoms with Crippen LogP contribution in [0.25, 0.3) is 10.8 Å². The van der Waals surface area contributed by atoms with Gasteiger partial charge >= 0.3 is 5.97 Å². The van der Waals surface area contributed by atoms with Gasteiger partial charge < -0.3 is 15.2 Å². The highest BCUT2D eigenvalue weighted by Gasteiger charge is 2.24. The highest BCUT2D eigenvalue weighted by Crippen LogP contribution is 2.28. The molecular weight excluding hydrogens is 268 g/mol. The van der Waals surface area contributed by atoms with Crippen molar-refractivity contribution >= 4 is 22.6 Å². The largest absolute Gasteiger partial charge is 0.497 e. The van der Waals surface area contributed by atoms with Crippen LogP contribution in [0.15, 0.2) is 42.6 Å². The van der Waals surface area contributed by atoms with Crippen molar-refractivity contribution in [2.24, 2.45) is 5.92 Å². The number of fused-ring (bicyclic) bond motifs is 1. The van der Waals surface area contributed by atoms with Crippen LogP contribution in [-0.2, 0) is 4.79 Å². The number of nitrogens with one attached hydrogen (secondary N) is 1. The van der Waals surface area contributed by atoms with Crippen LogP contribution >= 0.6 is 0 Å². The van der Waals surface area contributed by atoms with E-state index in [2.05, 4.69) is 10.3 Å². The van der Waals surface area contributed by atoms with Gasteiger partial charge in [-0.15, -0.1) is 0 Å². The van der Waals surface area contributed by atoms with Crippen molar-refractivity contribution in [3.8, 4) is 5.75 Å². The SMILES string of the molecule is COc1ccc2c(NC3C=CC(C(=O)O)C3)nccc2c1. The molecule has 1 heterocycles. The second kappa shape index (κ2) is 5.44. The fourth-order valence-corrected chi connectivity index (χ4v) is 2.56. The highest BCUT2D eigenvalue weighted by molar-refractivity contribution is 5.92. The number of carboxylic acids is 1. The van der Waals surface area contributed by atoms with Gasteiger partial charge in [0.25, 0.3) is 0 Å². The van der Waals surface area contributed by atoms with Crippen molar-refractivity contribution in [3.63, 3.8) is 0 Å². The molecule has 5 nitrogen and oxygen atoms in total. The van der Waals surface area contributed by atoms with Crippen molar-refractivity contribution in [3.05, 3.63) is 42.6 Å². The van der Waals surface area contributed by atoms with Crippen molar-refractivity contribution in [1.82, 2.24) is 4.98 Å². The summed E-state index contributed by atoms with van der Waals surface area (Å²) in [5.41, 5.74) is 0. The Labute approximate surface area is 122 Å². The van der Waals surface area contributed by atoms with Gasteiger partial charge in [0.1, 0.15) is 11.6 Å². The van der Waals surface area contributed by atoms with Crippen LogP contribution in [0.3, 0.4) is 0 Å². The molecule has 0 fully saturated rings. The molecule has 2 atom stereocenters. The van der Waals surface area contributed by atoms with Gasteiger partial charge in [0, 0.05) is 17.6 Å². The first-order chi connectivity index (χ1) is 10.2. The number of carbonyl (C=O) groups is 1. The van der Waals surface area contributed by atoms with Gasteiger partial charge in [0.15, 0.2) is 0 Å². The van der Waals surface area contributed by atoms with Crippen LogP contribution in [-0.4, -0.2) is 29.2 Å². The molecule has 1 aliphatic carbocycles. The standard InChI is InChI=1S/C16H16N2O3/c1-21-13-4-5-14-10(9-13)6-7-17-15(14)18-12-3-2-11(8-12)16(19)20/h2-7,9,11-12H,8H2,1H3,(H,17,18)(H,19,20). The molecule has 3 rings (SSSR count). The molecule has 5 heteroatoms. The van der Waals surface area contributed by atoms with Gasteiger partial charge in [0.05, 0.1) is 13.0 Å². The summed E-state index contributed by atoms with van der Waals surface area (Å²) in [7, 11) is 1.64. The number of ether oxygens (including phenoxy) is 1. The molecule has 1 aromatic carbocycles. The lowest BCUT2D eigenvalue weighted by molar-refractivity contribution is -0.140. The first-order valence-corrected chi connectivity index (χ1v) is 6.78. The summed E-state index contributed by atoms with van der Waals surface area (Å²) in [5, 5.41) is 14.3. The van der Waals surface area contributed by atoms with E-state index >= 15 is 0 Å². The summed E-state index contributed by atoms with van der Waals surface area (Å²) in [5.74, 6) is 0.353. The average molecular weight is 284 g/mol. The van der Waals surface area contributed by atoms with E-state index < -0.39 is 11.9 Å². The number of carboxylic acid groups (broad SMARTS) is 1. The number of aliphatic carboxylic acids is 1. The van der Waals surface area contributed by atoms with Crippen LogP contribution in [0.2, 0.25) is 0 Å². The Bertz CT molecular complexity index is 712. The van der Waals surface area contributed by atoms with Crippen LogP contribution in [0.1, 0.15) is 6.42 Å². The van der Waals surface area contributed by atoms with E-state index in [1.54, 1.807) is 19.4 Å². The lowest BCUT2D eigenvalue weighted by atomic mass is 10.1. The Hall–Kier alpha value is -2.56. The van der Waals surface area contributed by atoms with E-state index in [9.17, 15) is 4.79 Å². The molecule has 1 aliphatic rings. The number of aromatic nitrogens is 1. The number of hydrogen-bond acceptors (Lipinski definition) is 4. The zero-order chi connectivity index (χ0) is 14.8. The second-order valence-corrected chi connectivity index (χ2v) is 5.06. The first-order valence-electron chi connectivity index (χ1n) is 6.78. The molecule has 0 spiro atoms. The van der Waals surface area contributed by atoms with E-state index in [0.717, 1.165) is 22.3 Å². The molecule has 21 heavy (non-hydrogen) atoms. The summed E-state index contributed by atoms with van der Waals surface area (Å²) in [6, 6.07) is 7.71. The van der Waals surface area contributed by atoms with Gasteiger partial charge in [0.2, 0.25) is 0 Å². The minimum Gasteiger partial charge on any atom is -0.497 e. The van der Waals surface area contributed by atoms with Crippen molar-refractivity contribution in [2.45, 2.75) is 12.5 Å². The number of benzene rings is 1. The van der Waals surface area contributed by atoms with Gasteiger partial charge in [-0.25, -0.2) is 4.98 Å². The van der Waals surface area contributed by atoms with E-state index in [4.69, 9.17) is 9.84 Å². The number of pyridine rings is 1. The first kappa shape index (κ1) is 13.4. The van der Waals surface area contributed by atoms with Crippen LogP contribution < -0.4 is 10.1 Å². The van der Waals surface area contributed by atoms with Gasteiger partial charge in [-0.3, -0.25) is 4.79 Å². The number of hydrogen-bond donors (Lipinski definition) is 2. The fraction of sp³-hybridized carbons (Fsp3) is 0.250. The lowest BCUT2D eigenvalue weighted by Gasteiger charge is -2.14. The third-order valence-electron chi connectivity index (χ3n) is 3.69. The Morgan fingerprint density at radius 3 is 2.95 bits per heavy atom. The molecule has 2 N–H and O–H groups in total. The van der Waals surface area contributed by atoms with Crippen LogP contribution in [0.5, 0.6) is 5.75 Å². The molecular formula is C16H16N2O3. The van der Waals surface area contributed by atoms with Crippen LogP contribution in [0, 0.1) is 5.92 Å². The smallest absolute Gasteiger partial charge is 0.310 e. The summed E-state index contributed by atoms with van der Waals surface area (Å²) < 4.78 is 5.22. The minimum atomic E-state index is -0.786. The Morgan fingerprint density at radius 1 is 1.38 bits per heavy atom. The Balaban J connectivity index is 1.85. The zero-order valence-electron chi connectivity index (χ0n) is 11.6. The number of anilines is 1. The van der Waals surface area contributed by atoms with E-state index in [1.807, 2.05) is 30.3 Å². The quantitative estimate of drug-likeness (QED) is 0.845. The monoisotopic (exact) mass is 284 g/mol. The van der Waals surface area contributed by atoms with Gasteiger partial charge in [-0.05, 0) is 36.1 Å². The molecule has 0 aliphatic heterocycles. The average Bonchev–Trinajstić information content (AvgIpc) is 2.96. The van der Waals surface area contributed by atoms with Crippen molar-refractivity contribution < 1.29 is 14.6 Å². The molecule has 2 unspecified atom stereocenters. The molecule has 0 saturated carbocycles. The predicted octanol–water partition coefficient (Wildman–Crippen LogP) is 2.68. The number of rotatable bonds is 4. The van der Waals surface area contributed by atoms with Gasteiger partial charge in [-0.2, -0.15) is 0 Å². The maximum absolute atomic E-state index is 11.0. The van der Waals surface area contributed by atoms with E-state index in [-0.39, 0.29) is 6.04 Å². The maximum Gasteiger partial charge on any atom is 0.310 e. The van der Waals surface area contributed by atoms with E-state index in [1.165, 1.54) is 0 Å². The van der Waals surface area contributed by atoms with E-state index in [0.29, 0.717) is 6.42 Å². The number of nitrogens with zero attached hydrogens (tertiary/aromatic N) is 1. The summed E-state index contributed by atoms with van der Waals surface area (Å²) in [6.07, 6.45) is 5.90. The molecule has 108 valence electrons. The number of methoxy groups -OCH3 is 1. The normalized spacial score (nSPS) is 20.6. The maximum atomic E-state index is 11.0. The summed E-state index contributed by atoms with van der Waals surface area (Å²) in [4.78, 5) is 15.3. The third-order valence-corrected chi connectivity index (χ3v) is 3.69. The third kappa shape index (κ3) is 2.67. The Morgan fingerprint density at radius 2 is 2.24 bits per heavy atom. The Kier molecular flexibility index (Phi) is 3.48. The molecule has 0 radical (unpaired) electrons. The molecule has 1 aromatic heterocycles. The minimum absolute atomic E-state index is 0.00805. The molecule has 0 saturated heterocycles.